The second-order valence-corrected chi connectivity index (χ2v) is 6.27. The third-order valence-corrected chi connectivity index (χ3v) is 4.40. The number of hydrogen-bond acceptors (Lipinski definition) is 4. The second kappa shape index (κ2) is 6.08. The van der Waals surface area contributed by atoms with Crippen LogP contribution in [0.25, 0.3) is 0 Å². The van der Waals surface area contributed by atoms with Gasteiger partial charge in [0.2, 0.25) is 10.0 Å². The lowest BCUT2D eigenvalue weighted by molar-refractivity contribution is 0.479. The monoisotopic (exact) mass is 308 g/mol. The summed E-state index contributed by atoms with van der Waals surface area (Å²) in [6.07, 6.45) is 1.90. The SMILES string of the molecule is CC(Cc1ccco1)NS(=O)(=O)c1ccc(F)c(C#N)c1. The van der Waals surface area contributed by atoms with Gasteiger partial charge in [0.25, 0.3) is 0 Å². The molecule has 0 saturated heterocycles. The van der Waals surface area contributed by atoms with Crippen LogP contribution in [0.4, 0.5) is 4.39 Å². The summed E-state index contributed by atoms with van der Waals surface area (Å²) >= 11 is 0. The molecule has 0 aliphatic rings. The van der Waals surface area contributed by atoms with E-state index in [2.05, 4.69) is 4.72 Å². The number of nitriles is 1. The Labute approximate surface area is 122 Å². The maximum Gasteiger partial charge on any atom is 0.240 e. The Hall–Kier alpha value is -2.17. The van der Waals surface area contributed by atoms with Crippen molar-refractivity contribution >= 4 is 10.0 Å². The molecule has 0 fully saturated rings. The fourth-order valence-electron chi connectivity index (χ4n) is 1.86. The molecule has 0 radical (unpaired) electrons. The fourth-order valence-corrected chi connectivity index (χ4v) is 3.13. The van der Waals surface area contributed by atoms with Crippen LogP contribution in [0.3, 0.4) is 0 Å². The maximum atomic E-state index is 13.2. The first-order valence-electron chi connectivity index (χ1n) is 6.17. The summed E-state index contributed by atoms with van der Waals surface area (Å²) in [6, 6.07) is 7.77. The molecule has 21 heavy (non-hydrogen) atoms. The number of furan rings is 1. The summed E-state index contributed by atoms with van der Waals surface area (Å²) in [6.45, 7) is 1.69. The van der Waals surface area contributed by atoms with Gasteiger partial charge in [-0.1, -0.05) is 0 Å². The normalized spacial score (nSPS) is 12.8. The predicted molar refractivity (Wildman–Crippen MR) is 73.3 cm³/mol. The lowest BCUT2D eigenvalue weighted by atomic mass is 10.2. The van der Waals surface area contributed by atoms with Crippen molar-refractivity contribution < 1.29 is 17.2 Å². The van der Waals surface area contributed by atoms with E-state index in [-0.39, 0.29) is 10.5 Å². The first-order chi connectivity index (χ1) is 9.92. The molecule has 1 atom stereocenters. The van der Waals surface area contributed by atoms with E-state index < -0.39 is 21.9 Å². The van der Waals surface area contributed by atoms with Gasteiger partial charge in [0.05, 0.1) is 16.7 Å². The van der Waals surface area contributed by atoms with Crippen molar-refractivity contribution in [1.82, 2.24) is 4.72 Å². The molecule has 1 unspecified atom stereocenters. The summed E-state index contributed by atoms with van der Waals surface area (Å²) in [7, 11) is -3.82. The average molecular weight is 308 g/mol. The predicted octanol–water partition coefficient (Wildman–Crippen LogP) is 2.20. The van der Waals surface area contributed by atoms with E-state index in [1.54, 1.807) is 25.1 Å². The largest absolute Gasteiger partial charge is 0.469 e. The molecule has 2 rings (SSSR count). The van der Waals surface area contributed by atoms with Crippen LogP contribution in [-0.2, 0) is 16.4 Å². The van der Waals surface area contributed by atoms with E-state index >= 15 is 0 Å². The highest BCUT2D eigenvalue weighted by Gasteiger charge is 2.19. The van der Waals surface area contributed by atoms with E-state index in [1.807, 2.05) is 0 Å². The van der Waals surface area contributed by atoms with Gasteiger partial charge in [-0.15, -0.1) is 0 Å². The van der Waals surface area contributed by atoms with Crippen LogP contribution in [-0.4, -0.2) is 14.5 Å². The highest BCUT2D eigenvalue weighted by atomic mass is 32.2. The molecular formula is C14H13FN2O3S. The fraction of sp³-hybridized carbons (Fsp3) is 0.214. The quantitative estimate of drug-likeness (QED) is 0.918. The summed E-state index contributed by atoms with van der Waals surface area (Å²) in [5, 5.41) is 8.74. The molecule has 0 spiro atoms. The minimum absolute atomic E-state index is 0.147. The number of nitrogens with one attached hydrogen (secondary N) is 1. The lowest BCUT2D eigenvalue weighted by Crippen LogP contribution is -2.34. The molecule has 1 aromatic heterocycles. The van der Waals surface area contributed by atoms with Crippen molar-refractivity contribution in [3.63, 3.8) is 0 Å². The van der Waals surface area contributed by atoms with E-state index in [0.717, 1.165) is 18.2 Å². The Bertz CT molecular complexity index is 764. The molecular weight excluding hydrogens is 295 g/mol. The van der Waals surface area contributed by atoms with Crippen molar-refractivity contribution in [3.05, 3.63) is 53.7 Å². The van der Waals surface area contributed by atoms with Gasteiger partial charge >= 0.3 is 0 Å². The standard InChI is InChI=1S/C14H13FN2O3S/c1-10(7-12-3-2-6-20-12)17-21(18,19)13-4-5-14(15)11(8-13)9-16/h2-6,8,10,17H,7H2,1H3. The van der Waals surface area contributed by atoms with E-state index in [9.17, 15) is 12.8 Å². The molecule has 0 aliphatic heterocycles. The van der Waals surface area contributed by atoms with Crippen LogP contribution < -0.4 is 4.72 Å². The maximum absolute atomic E-state index is 13.2. The van der Waals surface area contributed by atoms with Crippen LogP contribution in [0.1, 0.15) is 18.2 Å². The Balaban J connectivity index is 2.16. The van der Waals surface area contributed by atoms with Crippen LogP contribution in [0.15, 0.2) is 45.9 Å². The number of halogens is 1. The smallest absolute Gasteiger partial charge is 0.240 e. The number of rotatable bonds is 5. The first-order valence-corrected chi connectivity index (χ1v) is 7.65. The molecule has 7 heteroatoms. The molecule has 0 saturated carbocycles. The first kappa shape index (κ1) is 15.2. The molecule has 0 aliphatic carbocycles. The summed E-state index contributed by atoms with van der Waals surface area (Å²) in [4.78, 5) is -0.147. The van der Waals surface area contributed by atoms with Crippen LogP contribution >= 0.6 is 0 Å². The summed E-state index contributed by atoms with van der Waals surface area (Å²) < 4.78 is 45.2. The minimum atomic E-state index is -3.82. The van der Waals surface area contributed by atoms with E-state index in [1.165, 1.54) is 6.26 Å². The Morgan fingerprint density at radius 3 is 2.81 bits per heavy atom. The van der Waals surface area contributed by atoms with Crippen molar-refractivity contribution in [1.29, 1.82) is 5.26 Å². The Morgan fingerprint density at radius 2 is 2.19 bits per heavy atom. The zero-order valence-corrected chi connectivity index (χ0v) is 12.0. The molecule has 0 bridgehead atoms. The zero-order chi connectivity index (χ0) is 15.5. The van der Waals surface area contributed by atoms with Crippen molar-refractivity contribution in [2.24, 2.45) is 0 Å². The highest BCUT2D eigenvalue weighted by Crippen LogP contribution is 2.15. The van der Waals surface area contributed by atoms with Crippen LogP contribution in [0, 0.1) is 17.1 Å². The minimum Gasteiger partial charge on any atom is -0.469 e. The van der Waals surface area contributed by atoms with Crippen molar-refractivity contribution in [2.45, 2.75) is 24.3 Å². The van der Waals surface area contributed by atoms with Crippen molar-refractivity contribution in [3.8, 4) is 6.07 Å². The number of sulfonamides is 1. The Morgan fingerprint density at radius 1 is 1.43 bits per heavy atom. The molecule has 1 heterocycles. The lowest BCUT2D eigenvalue weighted by Gasteiger charge is -2.13. The van der Waals surface area contributed by atoms with Gasteiger partial charge in [0.1, 0.15) is 17.6 Å². The van der Waals surface area contributed by atoms with Gasteiger partial charge in [-0.3, -0.25) is 0 Å². The molecule has 5 nitrogen and oxygen atoms in total. The molecule has 1 aromatic carbocycles. The van der Waals surface area contributed by atoms with Gasteiger partial charge in [0, 0.05) is 12.5 Å². The van der Waals surface area contributed by atoms with Crippen LogP contribution in [0.5, 0.6) is 0 Å². The Kier molecular flexibility index (Phi) is 4.40. The molecule has 2 aromatic rings. The van der Waals surface area contributed by atoms with Gasteiger partial charge in [-0.05, 0) is 37.3 Å². The third-order valence-electron chi connectivity index (χ3n) is 2.81. The summed E-state index contributed by atoms with van der Waals surface area (Å²) in [5.74, 6) is -0.0953. The zero-order valence-electron chi connectivity index (χ0n) is 11.2. The number of benzene rings is 1. The number of nitrogens with zero attached hydrogens (tertiary/aromatic N) is 1. The molecule has 1 N–H and O–H groups in total. The van der Waals surface area contributed by atoms with Gasteiger partial charge in [0.15, 0.2) is 0 Å². The molecule has 110 valence electrons. The number of hydrogen-bond donors (Lipinski definition) is 1. The van der Waals surface area contributed by atoms with Crippen molar-refractivity contribution in [2.75, 3.05) is 0 Å². The third kappa shape index (κ3) is 3.68. The van der Waals surface area contributed by atoms with E-state index in [0.29, 0.717) is 12.2 Å². The van der Waals surface area contributed by atoms with Gasteiger partial charge in [-0.2, -0.15) is 5.26 Å². The second-order valence-electron chi connectivity index (χ2n) is 4.56. The van der Waals surface area contributed by atoms with Gasteiger partial charge in [-0.25, -0.2) is 17.5 Å². The van der Waals surface area contributed by atoms with Gasteiger partial charge < -0.3 is 4.42 Å². The average Bonchev–Trinajstić information content (AvgIpc) is 2.91. The summed E-state index contributed by atoms with van der Waals surface area (Å²) in [5.41, 5.74) is -0.309. The molecule has 0 amide bonds. The highest BCUT2D eigenvalue weighted by molar-refractivity contribution is 7.89. The van der Waals surface area contributed by atoms with E-state index in [4.69, 9.17) is 9.68 Å². The topological polar surface area (TPSA) is 83.1 Å². The van der Waals surface area contributed by atoms with Crippen LogP contribution in [0.2, 0.25) is 0 Å².